The van der Waals surface area contributed by atoms with Gasteiger partial charge in [-0.25, -0.2) is 5.48 Å². The molecule has 3 aromatic rings. The average Bonchev–Trinajstić information content (AvgIpc) is 3.14. The van der Waals surface area contributed by atoms with Gasteiger partial charge in [0, 0.05) is 55.1 Å². The molecule has 7 heteroatoms. The van der Waals surface area contributed by atoms with E-state index in [0.717, 1.165) is 32.5 Å². The van der Waals surface area contributed by atoms with Crippen molar-refractivity contribution in [3.05, 3.63) is 70.9 Å². The van der Waals surface area contributed by atoms with Crippen molar-refractivity contribution in [1.82, 2.24) is 15.4 Å². The molecule has 2 aliphatic heterocycles. The molecule has 1 amide bonds. The minimum absolute atomic E-state index is 0.0685. The van der Waals surface area contributed by atoms with Crippen molar-refractivity contribution in [2.75, 3.05) is 13.1 Å². The van der Waals surface area contributed by atoms with Crippen molar-refractivity contribution in [2.45, 2.75) is 38.3 Å². The van der Waals surface area contributed by atoms with Gasteiger partial charge in [0.25, 0.3) is 5.91 Å². The molecule has 0 unspecified atom stereocenters. The number of para-hydroxylation sites is 1. The Bertz CT molecular complexity index is 1250. The lowest BCUT2D eigenvalue weighted by atomic mass is 9.82. The normalized spacial score (nSPS) is 17.9. The van der Waals surface area contributed by atoms with E-state index in [4.69, 9.17) is 9.94 Å². The molecule has 2 aliphatic rings. The third kappa shape index (κ3) is 4.17. The predicted octanol–water partition coefficient (Wildman–Crippen LogP) is 3.99. The first-order chi connectivity index (χ1) is 16.0. The number of fused-ring (bicyclic) bond motifs is 2. The van der Waals surface area contributed by atoms with Crippen LogP contribution in [-0.4, -0.2) is 45.5 Å². The molecule has 7 nitrogen and oxygen atoms in total. The van der Waals surface area contributed by atoms with Crippen LogP contribution in [-0.2, 0) is 11.3 Å². The number of Topliss-reactive ketones (excluding diaryl/α,β-unsaturated/α-hetero) is 1. The third-order valence-corrected chi connectivity index (χ3v) is 6.83. The first kappa shape index (κ1) is 21.4. The summed E-state index contributed by atoms with van der Waals surface area (Å²) in [5.41, 5.74) is 6.05. The van der Waals surface area contributed by atoms with Crippen LogP contribution in [0.5, 0.6) is 5.75 Å². The van der Waals surface area contributed by atoms with E-state index in [9.17, 15) is 9.59 Å². The van der Waals surface area contributed by atoms with Crippen molar-refractivity contribution in [3.63, 3.8) is 0 Å². The molecule has 1 saturated heterocycles. The van der Waals surface area contributed by atoms with E-state index in [2.05, 4.69) is 35.0 Å². The summed E-state index contributed by atoms with van der Waals surface area (Å²) in [6.07, 6.45) is 4.73. The molecule has 3 N–H and O–H groups in total. The van der Waals surface area contributed by atoms with E-state index >= 15 is 0 Å². The Hall–Kier alpha value is -3.42. The van der Waals surface area contributed by atoms with Crippen molar-refractivity contribution in [2.24, 2.45) is 0 Å². The number of carbonyl (C=O) groups excluding carboxylic acids is 2. The maximum Gasteiger partial charge on any atom is 0.267 e. The van der Waals surface area contributed by atoms with E-state index in [1.54, 1.807) is 29.8 Å². The minimum Gasteiger partial charge on any atom is -0.486 e. The lowest BCUT2D eigenvalue weighted by molar-refractivity contribution is -0.124. The highest BCUT2D eigenvalue weighted by molar-refractivity contribution is 6.01. The second-order valence-corrected chi connectivity index (χ2v) is 9.00. The SMILES string of the molecule is Cc1[nH]c2ccccc2c1CN1CCC2(CC1)CC(=O)c1cc(C=CC(=O)NO)ccc1O2. The quantitative estimate of drug-likeness (QED) is 0.321. The standard InChI is InChI=1S/C26H27N3O4/c1-17-21(19-4-2-3-5-22(19)27-17)16-29-12-10-26(11-13-29)15-23(30)20-14-18(6-8-24(20)33-26)7-9-25(31)28-32/h2-9,14,27,32H,10-13,15-16H2,1H3,(H,28,31). The number of likely N-dealkylation sites (tertiary alicyclic amines) is 1. The molecule has 0 bridgehead atoms. The number of ketones is 1. The highest BCUT2D eigenvalue weighted by Gasteiger charge is 2.43. The Morgan fingerprint density at radius 2 is 2.03 bits per heavy atom. The molecule has 2 aromatic carbocycles. The first-order valence-electron chi connectivity index (χ1n) is 11.2. The topological polar surface area (TPSA) is 94.7 Å². The molecule has 0 radical (unpaired) electrons. The zero-order chi connectivity index (χ0) is 23.0. The number of piperidine rings is 1. The van der Waals surface area contributed by atoms with E-state index in [1.165, 1.54) is 28.2 Å². The second-order valence-electron chi connectivity index (χ2n) is 9.00. The summed E-state index contributed by atoms with van der Waals surface area (Å²) in [7, 11) is 0. The van der Waals surface area contributed by atoms with Crippen LogP contribution in [0.15, 0.2) is 48.5 Å². The highest BCUT2D eigenvalue weighted by atomic mass is 16.5. The Morgan fingerprint density at radius 1 is 1.24 bits per heavy atom. The zero-order valence-electron chi connectivity index (χ0n) is 18.6. The third-order valence-electron chi connectivity index (χ3n) is 6.83. The van der Waals surface area contributed by atoms with Gasteiger partial charge in [-0.15, -0.1) is 0 Å². The number of rotatable bonds is 4. The molecular formula is C26H27N3O4. The van der Waals surface area contributed by atoms with E-state index in [0.29, 0.717) is 23.3 Å². The number of ether oxygens (including phenoxy) is 1. The van der Waals surface area contributed by atoms with Gasteiger partial charge in [0.2, 0.25) is 0 Å². The van der Waals surface area contributed by atoms with Crippen molar-refractivity contribution < 1.29 is 19.5 Å². The monoisotopic (exact) mass is 445 g/mol. The molecule has 1 spiro atoms. The number of carbonyl (C=O) groups is 2. The zero-order valence-corrected chi connectivity index (χ0v) is 18.6. The Balaban J connectivity index is 1.28. The van der Waals surface area contributed by atoms with Crippen LogP contribution in [0, 0.1) is 6.92 Å². The number of benzene rings is 2. The van der Waals surface area contributed by atoms with Crippen LogP contribution in [0.2, 0.25) is 0 Å². The summed E-state index contributed by atoms with van der Waals surface area (Å²) >= 11 is 0. The molecule has 170 valence electrons. The Morgan fingerprint density at radius 3 is 2.82 bits per heavy atom. The smallest absolute Gasteiger partial charge is 0.267 e. The number of hydrogen-bond acceptors (Lipinski definition) is 5. The maximum atomic E-state index is 13.0. The number of aryl methyl sites for hydroxylation is 1. The molecule has 3 heterocycles. The number of aromatic nitrogens is 1. The summed E-state index contributed by atoms with van der Waals surface area (Å²) in [5, 5.41) is 9.88. The Kier molecular flexibility index (Phi) is 5.52. The fraction of sp³-hybridized carbons (Fsp3) is 0.308. The fourth-order valence-corrected chi connectivity index (χ4v) is 4.98. The number of hydroxylamine groups is 1. The van der Waals surface area contributed by atoms with Gasteiger partial charge in [0.05, 0.1) is 12.0 Å². The van der Waals surface area contributed by atoms with Crippen LogP contribution in [0.3, 0.4) is 0 Å². The molecule has 5 rings (SSSR count). The lowest BCUT2D eigenvalue weighted by Crippen LogP contribution is -2.50. The number of nitrogens with one attached hydrogen (secondary N) is 2. The van der Waals surface area contributed by atoms with Gasteiger partial charge in [-0.2, -0.15) is 0 Å². The van der Waals surface area contributed by atoms with E-state index < -0.39 is 11.5 Å². The van der Waals surface area contributed by atoms with E-state index in [1.807, 2.05) is 6.07 Å². The lowest BCUT2D eigenvalue weighted by Gasteiger charge is -2.44. The van der Waals surface area contributed by atoms with E-state index in [-0.39, 0.29) is 5.78 Å². The van der Waals surface area contributed by atoms with Gasteiger partial charge in [0.15, 0.2) is 5.78 Å². The largest absolute Gasteiger partial charge is 0.486 e. The molecule has 0 atom stereocenters. The summed E-state index contributed by atoms with van der Waals surface area (Å²) < 4.78 is 6.41. The molecule has 1 fully saturated rings. The van der Waals surface area contributed by atoms with Crippen LogP contribution in [0.1, 0.15) is 46.4 Å². The predicted molar refractivity (Wildman–Crippen MR) is 125 cm³/mol. The van der Waals surface area contributed by atoms with Gasteiger partial charge in [-0.3, -0.25) is 19.7 Å². The van der Waals surface area contributed by atoms with Crippen molar-refractivity contribution in [1.29, 1.82) is 0 Å². The number of H-pyrrole nitrogens is 1. The van der Waals surface area contributed by atoms with Crippen LogP contribution in [0.25, 0.3) is 17.0 Å². The Labute approximate surface area is 192 Å². The molecular weight excluding hydrogens is 418 g/mol. The number of amides is 1. The van der Waals surface area contributed by atoms with Crippen molar-refractivity contribution >= 4 is 28.7 Å². The summed E-state index contributed by atoms with van der Waals surface area (Å²) in [6.45, 7) is 4.76. The second kappa shape index (κ2) is 8.50. The fourth-order valence-electron chi connectivity index (χ4n) is 4.98. The van der Waals surface area contributed by atoms with Gasteiger partial charge in [-0.1, -0.05) is 24.3 Å². The van der Waals surface area contributed by atoms with Gasteiger partial charge < -0.3 is 9.72 Å². The number of hydrogen-bond donors (Lipinski definition) is 3. The number of nitrogens with zero attached hydrogens (tertiary/aromatic N) is 1. The highest BCUT2D eigenvalue weighted by Crippen LogP contribution is 2.40. The van der Waals surface area contributed by atoms with Gasteiger partial charge in [-0.05, 0) is 42.3 Å². The average molecular weight is 446 g/mol. The van der Waals surface area contributed by atoms with Crippen LogP contribution < -0.4 is 10.2 Å². The molecule has 33 heavy (non-hydrogen) atoms. The van der Waals surface area contributed by atoms with Crippen LogP contribution in [0.4, 0.5) is 0 Å². The summed E-state index contributed by atoms with van der Waals surface area (Å²) in [5.74, 6) is 0.0544. The van der Waals surface area contributed by atoms with Gasteiger partial charge in [0.1, 0.15) is 11.4 Å². The maximum absolute atomic E-state index is 13.0. The van der Waals surface area contributed by atoms with Gasteiger partial charge >= 0.3 is 0 Å². The minimum atomic E-state index is -0.621. The summed E-state index contributed by atoms with van der Waals surface area (Å²) in [6, 6.07) is 13.7. The molecule has 0 aliphatic carbocycles. The van der Waals surface area contributed by atoms with Crippen molar-refractivity contribution in [3.8, 4) is 5.75 Å². The van der Waals surface area contributed by atoms with Crippen LogP contribution >= 0.6 is 0 Å². The summed E-state index contributed by atoms with van der Waals surface area (Å²) in [4.78, 5) is 30.1. The molecule has 0 saturated carbocycles. The first-order valence-corrected chi connectivity index (χ1v) is 11.2. The molecule has 1 aromatic heterocycles. The number of aromatic amines is 1.